The lowest BCUT2D eigenvalue weighted by Crippen LogP contribution is -2.26. The number of rotatable bonds is 2. The largest absolute Gasteiger partial charge is 0.329 e. The monoisotopic (exact) mass is 122 g/mol. The molecule has 0 aliphatic heterocycles. The molecule has 0 bridgehead atoms. The molecule has 4 N–H and O–H groups in total. The third-order valence-corrected chi connectivity index (χ3v) is 1.71. The zero-order chi connectivity index (χ0) is 5.86. The fourth-order valence-corrected chi connectivity index (χ4v) is 0.285. The summed E-state index contributed by atoms with van der Waals surface area (Å²) >= 11 is 0. The fraction of sp³-hybridized carbons (Fsp3) is 1.00. The smallest absolute Gasteiger partial charge is 0.0929 e. The third-order valence-electron chi connectivity index (χ3n) is 0.729. The van der Waals surface area contributed by atoms with Crippen LogP contribution in [0.1, 0.15) is 6.92 Å². The molecule has 0 spiro atoms. The predicted molar refractivity (Wildman–Crippen MR) is 30.8 cm³/mol. The summed E-state index contributed by atoms with van der Waals surface area (Å²) in [7, 11) is -1.24. The average molecular weight is 122 g/mol. The first-order valence-electron chi connectivity index (χ1n) is 2.03. The molecule has 0 heterocycles. The van der Waals surface area contributed by atoms with Crippen LogP contribution in [0.15, 0.2) is 0 Å². The van der Waals surface area contributed by atoms with Crippen molar-refractivity contribution in [3.05, 3.63) is 0 Å². The second kappa shape index (κ2) is 3.12. The van der Waals surface area contributed by atoms with Gasteiger partial charge in [-0.25, -0.2) is 4.21 Å². The van der Waals surface area contributed by atoms with Gasteiger partial charge in [-0.05, 0) is 6.92 Å². The van der Waals surface area contributed by atoms with Gasteiger partial charge in [-0.2, -0.15) is 0 Å². The number of hydrogen-bond donors (Lipinski definition) is 2. The Morgan fingerprint density at radius 2 is 2.29 bits per heavy atom. The quantitative estimate of drug-likeness (QED) is 0.491. The van der Waals surface area contributed by atoms with Crippen molar-refractivity contribution in [1.82, 2.24) is 0 Å². The average Bonchev–Trinajstić information content (AvgIpc) is 1.65. The van der Waals surface area contributed by atoms with Crippen LogP contribution in [0.5, 0.6) is 0 Å². The number of nitrogens with two attached hydrogens (primary N) is 2. The topological polar surface area (TPSA) is 69.1 Å². The van der Waals surface area contributed by atoms with Gasteiger partial charge in [0.15, 0.2) is 0 Å². The molecule has 44 valence electrons. The Kier molecular flexibility index (Phi) is 3.15. The molecule has 2 atom stereocenters. The maximum absolute atomic E-state index is 10.2. The summed E-state index contributed by atoms with van der Waals surface area (Å²) < 4.78 is 10.2. The maximum Gasteiger partial charge on any atom is 0.0929 e. The van der Waals surface area contributed by atoms with E-state index in [1.165, 1.54) is 0 Å². The second-order valence-corrected chi connectivity index (χ2v) is 2.84. The van der Waals surface area contributed by atoms with Crippen molar-refractivity contribution in [2.75, 3.05) is 6.54 Å². The Morgan fingerprint density at radius 3 is 2.29 bits per heavy atom. The van der Waals surface area contributed by atoms with Crippen LogP contribution in [-0.4, -0.2) is 16.0 Å². The summed E-state index contributed by atoms with van der Waals surface area (Å²) in [6.07, 6.45) is 0. The van der Waals surface area contributed by atoms with Gasteiger partial charge >= 0.3 is 0 Å². The molecule has 0 fully saturated rings. The lowest BCUT2D eigenvalue weighted by molar-refractivity contribution is 0.674. The van der Waals surface area contributed by atoms with Crippen LogP contribution < -0.4 is 10.9 Å². The van der Waals surface area contributed by atoms with Crippen molar-refractivity contribution in [2.45, 2.75) is 12.2 Å². The van der Waals surface area contributed by atoms with E-state index in [0.717, 1.165) is 0 Å². The second-order valence-electron chi connectivity index (χ2n) is 1.37. The van der Waals surface area contributed by atoms with E-state index >= 15 is 0 Å². The van der Waals surface area contributed by atoms with Crippen LogP contribution in [0.3, 0.4) is 0 Å². The first-order valence-corrected chi connectivity index (χ1v) is 3.31. The molecule has 4 heteroatoms. The van der Waals surface area contributed by atoms with E-state index in [2.05, 4.69) is 0 Å². The molecular formula is C3H10N2OS. The van der Waals surface area contributed by atoms with Crippen LogP contribution in [0, 0.1) is 0 Å². The minimum Gasteiger partial charge on any atom is -0.329 e. The molecule has 0 aliphatic rings. The summed E-state index contributed by atoms with van der Waals surface area (Å²) in [5, 5.41) is 4.87. The fourth-order valence-electron chi connectivity index (χ4n) is 0.0948. The van der Waals surface area contributed by atoms with Crippen molar-refractivity contribution >= 4 is 11.0 Å². The lowest BCUT2D eigenvalue weighted by atomic mass is 10.5. The molecule has 0 saturated heterocycles. The first-order chi connectivity index (χ1) is 3.18. The molecular weight excluding hydrogens is 112 g/mol. The van der Waals surface area contributed by atoms with Gasteiger partial charge in [-0.15, -0.1) is 0 Å². The number of hydrogen-bond acceptors (Lipinski definition) is 2. The highest BCUT2D eigenvalue weighted by Gasteiger charge is 2.00. The Labute approximate surface area is 45.7 Å². The summed E-state index contributed by atoms with van der Waals surface area (Å²) in [6, 6.07) is 0. The van der Waals surface area contributed by atoms with Gasteiger partial charge < -0.3 is 5.73 Å². The van der Waals surface area contributed by atoms with Gasteiger partial charge in [0.1, 0.15) is 0 Å². The summed E-state index contributed by atoms with van der Waals surface area (Å²) in [5.41, 5.74) is 5.10. The van der Waals surface area contributed by atoms with E-state index in [0.29, 0.717) is 6.54 Å². The van der Waals surface area contributed by atoms with Crippen LogP contribution in [-0.2, 0) is 11.0 Å². The van der Waals surface area contributed by atoms with Gasteiger partial charge in [-0.1, -0.05) is 0 Å². The van der Waals surface area contributed by atoms with E-state index in [-0.39, 0.29) is 5.25 Å². The molecule has 0 aromatic heterocycles. The van der Waals surface area contributed by atoms with Gasteiger partial charge in [0, 0.05) is 6.54 Å². The Balaban J connectivity index is 3.34. The SMILES string of the molecule is CC(CN)S(N)=O. The molecule has 0 rings (SSSR count). The van der Waals surface area contributed by atoms with Gasteiger partial charge in [0.2, 0.25) is 0 Å². The molecule has 7 heavy (non-hydrogen) atoms. The Hall–Kier alpha value is 0.0700. The summed E-state index contributed by atoms with van der Waals surface area (Å²) in [4.78, 5) is 0. The standard InChI is InChI=1S/C3H10N2OS/c1-3(2-4)7(5)6/h3H,2,4-5H2,1H3. The van der Waals surface area contributed by atoms with Crippen molar-refractivity contribution in [3.8, 4) is 0 Å². The molecule has 0 amide bonds. The van der Waals surface area contributed by atoms with Crippen LogP contribution in [0.25, 0.3) is 0 Å². The van der Waals surface area contributed by atoms with Crippen LogP contribution in [0.4, 0.5) is 0 Å². The molecule has 0 radical (unpaired) electrons. The van der Waals surface area contributed by atoms with E-state index in [1.54, 1.807) is 6.92 Å². The highest BCUT2D eigenvalue weighted by atomic mass is 32.2. The van der Waals surface area contributed by atoms with Crippen molar-refractivity contribution in [2.24, 2.45) is 10.9 Å². The van der Waals surface area contributed by atoms with E-state index in [9.17, 15) is 4.21 Å². The van der Waals surface area contributed by atoms with Crippen molar-refractivity contribution in [1.29, 1.82) is 0 Å². The van der Waals surface area contributed by atoms with Gasteiger partial charge in [-0.3, -0.25) is 5.14 Å². The molecule has 2 unspecified atom stereocenters. The Morgan fingerprint density at radius 1 is 1.86 bits per heavy atom. The highest BCUT2D eigenvalue weighted by Crippen LogP contribution is 1.81. The first kappa shape index (κ1) is 7.07. The normalized spacial score (nSPS) is 18.7. The zero-order valence-corrected chi connectivity index (χ0v) is 5.07. The molecule has 0 aliphatic carbocycles. The van der Waals surface area contributed by atoms with E-state index in [4.69, 9.17) is 10.9 Å². The predicted octanol–water partition coefficient (Wildman–Crippen LogP) is -1.04. The summed E-state index contributed by atoms with van der Waals surface area (Å²) in [5.74, 6) is 0. The molecule has 0 aromatic carbocycles. The van der Waals surface area contributed by atoms with Crippen LogP contribution in [0.2, 0.25) is 0 Å². The van der Waals surface area contributed by atoms with Gasteiger partial charge in [0.05, 0.1) is 16.2 Å². The minimum absolute atomic E-state index is 0.0694. The highest BCUT2D eigenvalue weighted by molar-refractivity contribution is 7.83. The minimum atomic E-state index is -1.24. The maximum atomic E-state index is 10.2. The Bertz CT molecular complexity index is 75.3. The molecule has 0 aromatic rings. The lowest BCUT2D eigenvalue weighted by Gasteiger charge is -1.99. The third kappa shape index (κ3) is 2.73. The van der Waals surface area contributed by atoms with Crippen LogP contribution >= 0.6 is 0 Å². The van der Waals surface area contributed by atoms with E-state index < -0.39 is 11.0 Å². The molecule has 3 nitrogen and oxygen atoms in total. The molecule has 0 saturated carbocycles. The van der Waals surface area contributed by atoms with E-state index in [1.807, 2.05) is 0 Å². The summed E-state index contributed by atoms with van der Waals surface area (Å²) in [6.45, 7) is 2.14. The van der Waals surface area contributed by atoms with Crippen molar-refractivity contribution < 1.29 is 4.21 Å². The zero-order valence-electron chi connectivity index (χ0n) is 4.26. The van der Waals surface area contributed by atoms with Gasteiger partial charge in [0.25, 0.3) is 0 Å². The van der Waals surface area contributed by atoms with Crippen molar-refractivity contribution in [3.63, 3.8) is 0 Å².